The van der Waals surface area contributed by atoms with Crippen LogP contribution in [0.25, 0.3) is 22.5 Å². The van der Waals surface area contributed by atoms with Gasteiger partial charge in [-0.15, -0.1) is 0 Å². The van der Waals surface area contributed by atoms with Gasteiger partial charge in [0.15, 0.2) is 0 Å². The van der Waals surface area contributed by atoms with Crippen molar-refractivity contribution in [1.29, 1.82) is 0 Å². The first-order chi connectivity index (χ1) is 15.0. The van der Waals surface area contributed by atoms with E-state index in [0.717, 1.165) is 60.7 Å². The van der Waals surface area contributed by atoms with Gasteiger partial charge in [-0.2, -0.15) is 10.1 Å². The molecule has 0 amide bonds. The number of likely N-dealkylation sites (tertiary alicyclic amines) is 1. The summed E-state index contributed by atoms with van der Waals surface area (Å²) in [4.78, 5) is 13.5. The van der Waals surface area contributed by atoms with E-state index >= 15 is 0 Å². The van der Waals surface area contributed by atoms with Gasteiger partial charge >= 0.3 is 6.01 Å². The van der Waals surface area contributed by atoms with Crippen LogP contribution >= 0.6 is 11.6 Å². The Morgan fingerprint density at radius 2 is 1.90 bits per heavy atom. The van der Waals surface area contributed by atoms with E-state index in [0.29, 0.717) is 23.6 Å². The molecule has 1 aromatic carbocycles. The van der Waals surface area contributed by atoms with Gasteiger partial charge in [0.2, 0.25) is 0 Å². The maximum atomic E-state index is 6.11. The minimum atomic E-state index is 0.386. The topological polar surface area (TPSA) is 70.2 Å². The molecule has 2 aromatic heterocycles. The summed E-state index contributed by atoms with van der Waals surface area (Å²) in [5.74, 6) is 0.410. The molecule has 3 heterocycles. The molecule has 1 N–H and O–H groups in total. The van der Waals surface area contributed by atoms with Gasteiger partial charge < -0.3 is 14.5 Å². The zero-order valence-corrected chi connectivity index (χ0v) is 19.1. The summed E-state index contributed by atoms with van der Waals surface area (Å²) in [6, 6.07) is 10.1. The number of rotatable bonds is 7. The Labute approximate surface area is 188 Å². The van der Waals surface area contributed by atoms with Gasteiger partial charge in [0.05, 0.1) is 5.69 Å². The lowest BCUT2D eigenvalue weighted by Crippen LogP contribution is -2.29. The number of likely N-dealkylation sites (N-methyl/N-ethyl adjacent to an activating group) is 1. The average Bonchev–Trinajstić information content (AvgIpc) is 3.20. The molecule has 0 unspecified atom stereocenters. The Morgan fingerprint density at radius 3 is 2.61 bits per heavy atom. The molecule has 0 aliphatic carbocycles. The number of nitrogens with zero attached hydrogens (tertiary/aromatic N) is 5. The molecular weight excluding hydrogens is 412 g/mol. The molecule has 7 nitrogen and oxygen atoms in total. The number of aromatic nitrogens is 4. The molecule has 4 rings (SSSR count). The predicted octanol–water partition coefficient (Wildman–Crippen LogP) is 3.94. The smallest absolute Gasteiger partial charge is 0.316 e. The predicted molar refractivity (Wildman–Crippen MR) is 124 cm³/mol. The summed E-state index contributed by atoms with van der Waals surface area (Å²) in [7, 11) is 6.20. The van der Waals surface area contributed by atoms with Crippen LogP contribution in [-0.4, -0.2) is 77.3 Å². The maximum Gasteiger partial charge on any atom is 0.316 e. The fourth-order valence-corrected chi connectivity index (χ4v) is 4.02. The highest BCUT2D eigenvalue weighted by Crippen LogP contribution is 2.39. The number of piperidine rings is 1. The molecule has 1 aliphatic heterocycles. The molecule has 164 valence electrons. The lowest BCUT2D eigenvalue weighted by atomic mass is 9.89. The summed E-state index contributed by atoms with van der Waals surface area (Å²) < 4.78 is 5.80. The van der Waals surface area contributed by atoms with Crippen LogP contribution in [0.1, 0.15) is 24.5 Å². The van der Waals surface area contributed by atoms with Crippen LogP contribution in [0.4, 0.5) is 0 Å². The number of benzene rings is 1. The quantitative estimate of drug-likeness (QED) is 0.600. The molecule has 3 aromatic rings. The first kappa shape index (κ1) is 21.7. The van der Waals surface area contributed by atoms with Gasteiger partial charge in [0.1, 0.15) is 12.3 Å². The van der Waals surface area contributed by atoms with E-state index in [-0.39, 0.29) is 0 Å². The summed E-state index contributed by atoms with van der Waals surface area (Å²) in [5, 5.41) is 8.75. The van der Waals surface area contributed by atoms with Crippen LogP contribution in [0.5, 0.6) is 6.01 Å². The molecule has 0 saturated carbocycles. The van der Waals surface area contributed by atoms with Crippen molar-refractivity contribution in [3.63, 3.8) is 0 Å². The molecule has 1 fully saturated rings. The van der Waals surface area contributed by atoms with Gasteiger partial charge in [0.25, 0.3) is 0 Å². The number of H-pyrrole nitrogens is 1. The lowest BCUT2D eigenvalue weighted by molar-refractivity contribution is 0.245. The van der Waals surface area contributed by atoms with Gasteiger partial charge in [-0.1, -0.05) is 23.7 Å². The van der Waals surface area contributed by atoms with E-state index in [1.165, 1.54) is 0 Å². The van der Waals surface area contributed by atoms with Gasteiger partial charge in [-0.25, -0.2) is 4.98 Å². The van der Waals surface area contributed by atoms with Crippen molar-refractivity contribution in [2.75, 3.05) is 47.4 Å². The fourth-order valence-electron chi connectivity index (χ4n) is 3.89. The Balaban J connectivity index is 1.72. The van der Waals surface area contributed by atoms with Crippen molar-refractivity contribution in [3.8, 4) is 28.5 Å². The van der Waals surface area contributed by atoms with E-state index in [1.807, 2.05) is 44.4 Å². The summed E-state index contributed by atoms with van der Waals surface area (Å²) in [6.07, 6.45) is 3.93. The second-order valence-corrected chi connectivity index (χ2v) is 8.76. The minimum absolute atomic E-state index is 0.386. The van der Waals surface area contributed by atoms with Gasteiger partial charge in [0, 0.05) is 40.5 Å². The Morgan fingerprint density at radius 1 is 1.16 bits per heavy atom. The van der Waals surface area contributed by atoms with Crippen LogP contribution < -0.4 is 4.74 Å². The second kappa shape index (κ2) is 9.77. The standard InChI is InChI=1S/C23H29ClN6O/c1-29(2)14-15-31-23-25-11-8-19(26-23)20-21(16-4-6-18(24)7-5-16)27-28-22(20)17-9-12-30(3)13-10-17/h4-8,11,17H,9-10,12-15H2,1-3H3,(H,27,28). The summed E-state index contributed by atoms with van der Waals surface area (Å²) in [6.45, 7) is 3.48. The van der Waals surface area contributed by atoms with E-state index in [4.69, 9.17) is 26.4 Å². The number of hydrogen-bond donors (Lipinski definition) is 1. The Bertz CT molecular complexity index is 996. The molecule has 0 radical (unpaired) electrons. The molecule has 1 saturated heterocycles. The number of ether oxygens (including phenoxy) is 1. The van der Waals surface area contributed by atoms with Crippen LogP contribution in [0.3, 0.4) is 0 Å². The minimum Gasteiger partial charge on any atom is -0.462 e. The monoisotopic (exact) mass is 440 g/mol. The fraction of sp³-hybridized carbons (Fsp3) is 0.435. The van der Waals surface area contributed by atoms with E-state index in [9.17, 15) is 0 Å². The zero-order chi connectivity index (χ0) is 21.8. The largest absolute Gasteiger partial charge is 0.462 e. The SMILES string of the molecule is CN(C)CCOc1nccc(-c2c(-c3ccc(Cl)cc3)n[nH]c2C2CCN(C)CC2)n1. The van der Waals surface area contributed by atoms with Gasteiger partial charge in [-0.05, 0) is 65.3 Å². The van der Waals surface area contributed by atoms with Crippen molar-refractivity contribution >= 4 is 11.6 Å². The first-order valence-electron chi connectivity index (χ1n) is 10.6. The molecule has 8 heteroatoms. The summed E-state index contributed by atoms with van der Waals surface area (Å²) >= 11 is 6.11. The van der Waals surface area contributed by atoms with Crippen molar-refractivity contribution in [2.24, 2.45) is 0 Å². The molecule has 0 spiro atoms. The molecule has 31 heavy (non-hydrogen) atoms. The van der Waals surface area contributed by atoms with Crippen LogP contribution in [0, 0.1) is 0 Å². The molecule has 1 aliphatic rings. The average molecular weight is 441 g/mol. The van der Waals surface area contributed by atoms with Crippen LogP contribution in [0.2, 0.25) is 5.02 Å². The van der Waals surface area contributed by atoms with Crippen molar-refractivity contribution in [3.05, 3.63) is 47.2 Å². The third kappa shape index (κ3) is 5.23. The van der Waals surface area contributed by atoms with Crippen molar-refractivity contribution < 1.29 is 4.74 Å². The highest BCUT2D eigenvalue weighted by atomic mass is 35.5. The number of halogens is 1. The van der Waals surface area contributed by atoms with Crippen LogP contribution in [-0.2, 0) is 0 Å². The van der Waals surface area contributed by atoms with E-state index in [1.54, 1.807) is 6.20 Å². The third-order valence-corrected chi connectivity index (χ3v) is 5.95. The molecule has 0 atom stereocenters. The Kier molecular flexibility index (Phi) is 6.85. The highest BCUT2D eigenvalue weighted by Gasteiger charge is 2.27. The third-order valence-electron chi connectivity index (χ3n) is 5.70. The van der Waals surface area contributed by atoms with Gasteiger partial charge in [-0.3, -0.25) is 5.10 Å². The maximum absolute atomic E-state index is 6.11. The van der Waals surface area contributed by atoms with E-state index < -0.39 is 0 Å². The second-order valence-electron chi connectivity index (χ2n) is 8.32. The Hall–Kier alpha value is -2.48. The molecule has 0 bridgehead atoms. The normalized spacial score (nSPS) is 15.5. The summed E-state index contributed by atoms with van der Waals surface area (Å²) in [5.41, 5.74) is 4.86. The van der Waals surface area contributed by atoms with Crippen molar-refractivity contribution in [2.45, 2.75) is 18.8 Å². The first-order valence-corrected chi connectivity index (χ1v) is 11.0. The number of nitrogens with one attached hydrogen (secondary N) is 1. The lowest BCUT2D eigenvalue weighted by Gasteiger charge is -2.28. The van der Waals surface area contributed by atoms with Crippen molar-refractivity contribution in [1.82, 2.24) is 30.0 Å². The number of aromatic amines is 1. The highest BCUT2D eigenvalue weighted by molar-refractivity contribution is 6.30. The zero-order valence-electron chi connectivity index (χ0n) is 18.3. The van der Waals surface area contributed by atoms with E-state index in [2.05, 4.69) is 26.9 Å². The molecular formula is C23H29ClN6O. The van der Waals surface area contributed by atoms with Crippen LogP contribution in [0.15, 0.2) is 36.5 Å². The number of hydrogen-bond acceptors (Lipinski definition) is 6.